The number of hydrogen-bond acceptors (Lipinski definition) is 3. The van der Waals surface area contributed by atoms with Gasteiger partial charge in [0.25, 0.3) is 0 Å². The van der Waals surface area contributed by atoms with Gasteiger partial charge >= 0.3 is 0 Å². The number of aromatic nitrogens is 1. The van der Waals surface area contributed by atoms with E-state index in [2.05, 4.69) is 16.8 Å². The van der Waals surface area contributed by atoms with Crippen molar-refractivity contribution < 1.29 is 0 Å². The van der Waals surface area contributed by atoms with Gasteiger partial charge in [-0.05, 0) is 32.0 Å². The van der Waals surface area contributed by atoms with E-state index in [1.807, 2.05) is 24.4 Å². The highest BCUT2D eigenvalue weighted by molar-refractivity contribution is 7.13. The molecule has 1 heterocycles. The summed E-state index contributed by atoms with van der Waals surface area (Å²) in [5, 5.41) is 4.27. The average molecular weight is 324 g/mol. The lowest BCUT2D eigenvalue weighted by molar-refractivity contribution is 1.00. The van der Waals surface area contributed by atoms with Crippen LogP contribution in [0.25, 0.3) is 0 Å². The van der Waals surface area contributed by atoms with E-state index < -0.39 is 0 Å². The Morgan fingerprint density at radius 2 is 2.06 bits per heavy atom. The molecule has 1 aromatic heterocycles. The van der Waals surface area contributed by atoms with Crippen LogP contribution in [0.5, 0.6) is 0 Å². The smallest absolute Gasteiger partial charge is 0.190 e. The molecule has 1 aromatic carbocycles. The third-order valence-corrected chi connectivity index (χ3v) is 3.87. The topological polar surface area (TPSA) is 16.1 Å². The maximum atomic E-state index is 6.21. The third-order valence-electron chi connectivity index (χ3n) is 2.35. The van der Waals surface area contributed by atoms with Gasteiger partial charge in [0.2, 0.25) is 0 Å². The zero-order valence-corrected chi connectivity index (χ0v) is 13.1. The Kier molecular flexibility index (Phi) is 5.73. The number of thiazole rings is 1. The number of halogens is 3. The molecule has 0 aliphatic heterocycles. The highest BCUT2D eigenvalue weighted by Gasteiger charge is 2.13. The Morgan fingerprint density at radius 1 is 1.33 bits per heavy atom. The lowest BCUT2D eigenvalue weighted by Crippen LogP contribution is -2.16. The minimum Gasteiger partial charge on any atom is -0.317 e. The summed E-state index contributed by atoms with van der Waals surface area (Å²) in [6.07, 6.45) is 0. The average Bonchev–Trinajstić information content (AvgIpc) is 2.69. The SMILES string of the molecule is CCN(c1nc(C)cs1)c1ccc(Cl)cc1Cl.Cl. The molecule has 0 aliphatic carbocycles. The fourth-order valence-electron chi connectivity index (χ4n) is 1.57. The molecule has 18 heavy (non-hydrogen) atoms. The highest BCUT2D eigenvalue weighted by Crippen LogP contribution is 2.34. The summed E-state index contributed by atoms with van der Waals surface area (Å²) >= 11 is 13.7. The van der Waals surface area contributed by atoms with Crippen LogP contribution in [-0.4, -0.2) is 11.5 Å². The summed E-state index contributed by atoms with van der Waals surface area (Å²) in [6, 6.07) is 5.51. The third kappa shape index (κ3) is 3.29. The van der Waals surface area contributed by atoms with Crippen LogP contribution >= 0.6 is 46.9 Å². The molecule has 0 aliphatic rings. The second kappa shape index (κ2) is 6.62. The van der Waals surface area contributed by atoms with Crippen LogP contribution in [-0.2, 0) is 0 Å². The lowest BCUT2D eigenvalue weighted by Gasteiger charge is -2.21. The van der Waals surface area contributed by atoms with Crippen LogP contribution < -0.4 is 4.90 Å². The molecule has 0 unspecified atom stereocenters. The van der Waals surface area contributed by atoms with E-state index in [0.717, 1.165) is 23.1 Å². The van der Waals surface area contributed by atoms with Crippen molar-refractivity contribution in [2.24, 2.45) is 0 Å². The molecule has 0 saturated heterocycles. The number of anilines is 2. The molecule has 2 rings (SSSR count). The molecule has 0 N–H and O–H groups in total. The number of aryl methyl sites for hydroxylation is 1. The molecule has 0 atom stereocenters. The van der Waals surface area contributed by atoms with Crippen molar-refractivity contribution in [1.29, 1.82) is 0 Å². The van der Waals surface area contributed by atoms with Crippen LogP contribution in [0.3, 0.4) is 0 Å². The second-order valence-corrected chi connectivity index (χ2v) is 5.29. The first kappa shape index (κ1) is 15.6. The minimum absolute atomic E-state index is 0. The molecular weight excluding hydrogens is 311 g/mol. The van der Waals surface area contributed by atoms with E-state index >= 15 is 0 Å². The first-order valence-electron chi connectivity index (χ1n) is 5.26. The Labute approximate surface area is 127 Å². The molecule has 0 bridgehead atoms. The van der Waals surface area contributed by atoms with Gasteiger partial charge in [0.15, 0.2) is 5.13 Å². The zero-order chi connectivity index (χ0) is 12.4. The van der Waals surface area contributed by atoms with E-state index in [1.54, 1.807) is 17.4 Å². The normalized spacial score (nSPS) is 10.0. The van der Waals surface area contributed by atoms with Crippen molar-refractivity contribution in [3.8, 4) is 0 Å². The van der Waals surface area contributed by atoms with E-state index in [-0.39, 0.29) is 12.4 Å². The van der Waals surface area contributed by atoms with Crippen LogP contribution in [0.1, 0.15) is 12.6 Å². The van der Waals surface area contributed by atoms with Gasteiger partial charge in [-0.25, -0.2) is 4.98 Å². The maximum Gasteiger partial charge on any atom is 0.190 e. The van der Waals surface area contributed by atoms with E-state index in [0.29, 0.717) is 10.0 Å². The van der Waals surface area contributed by atoms with Gasteiger partial charge in [0.1, 0.15) is 0 Å². The van der Waals surface area contributed by atoms with E-state index in [4.69, 9.17) is 23.2 Å². The number of nitrogens with zero attached hydrogens (tertiary/aromatic N) is 2. The van der Waals surface area contributed by atoms with Gasteiger partial charge in [-0.2, -0.15) is 0 Å². The minimum atomic E-state index is 0. The van der Waals surface area contributed by atoms with Gasteiger partial charge in [-0.15, -0.1) is 23.7 Å². The molecule has 0 saturated carbocycles. The summed E-state index contributed by atoms with van der Waals surface area (Å²) in [5.41, 5.74) is 1.96. The fraction of sp³-hybridized carbons (Fsp3) is 0.250. The monoisotopic (exact) mass is 322 g/mol. The van der Waals surface area contributed by atoms with Crippen molar-refractivity contribution >= 4 is 57.8 Å². The zero-order valence-electron chi connectivity index (χ0n) is 9.98. The van der Waals surface area contributed by atoms with Crippen molar-refractivity contribution in [1.82, 2.24) is 4.98 Å². The van der Waals surface area contributed by atoms with Crippen LogP contribution in [0, 0.1) is 6.92 Å². The molecule has 0 radical (unpaired) electrons. The Hall–Kier alpha value is -0.480. The van der Waals surface area contributed by atoms with Gasteiger partial charge in [0.05, 0.1) is 16.4 Å². The Morgan fingerprint density at radius 3 is 2.56 bits per heavy atom. The van der Waals surface area contributed by atoms with Crippen LogP contribution in [0.15, 0.2) is 23.6 Å². The summed E-state index contributed by atoms with van der Waals surface area (Å²) in [5.74, 6) is 0. The highest BCUT2D eigenvalue weighted by atomic mass is 35.5. The molecular formula is C12H13Cl3N2S. The quantitative estimate of drug-likeness (QED) is 0.758. The molecule has 2 nitrogen and oxygen atoms in total. The number of hydrogen-bond donors (Lipinski definition) is 0. The summed E-state index contributed by atoms with van der Waals surface area (Å²) in [6.45, 7) is 4.87. The predicted molar refractivity (Wildman–Crippen MR) is 83.2 cm³/mol. The lowest BCUT2D eigenvalue weighted by atomic mass is 10.3. The Bertz CT molecular complexity index is 528. The molecule has 98 valence electrons. The van der Waals surface area contributed by atoms with Crippen molar-refractivity contribution in [3.63, 3.8) is 0 Å². The van der Waals surface area contributed by atoms with Crippen molar-refractivity contribution in [3.05, 3.63) is 39.3 Å². The largest absolute Gasteiger partial charge is 0.317 e. The summed E-state index contributed by atoms with van der Waals surface area (Å²) in [4.78, 5) is 6.55. The first-order chi connectivity index (χ1) is 8.11. The fourth-order valence-corrected chi connectivity index (χ4v) is 2.96. The standard InChI is InChI=1S/C12H12Cl2N2S.ClH/c1-3-16(12-15-8(2)7-17-12)11-5-4-9(13)6-10(11)14;/h4-7H,3H2,1-2H3;1H. The first-order valence-corrected chi connectivity index (χ1v) is 6.90. The Balaban J connectivity index is 0.00000162. The molecule has 0 amide bonds. The van der Waals surface area contributed by atoms with Gasteiger partial charge in [0, 0.05) is 16.9 Å². The van der Waals surface area contributed by atoms with E-state index in [9.17, 15) is 0 Å². The molecule has 6 heteroatoms. The van der Waals surface area contributed by atoms with Crippen LogP contribution in [0.4, 0.5) is 10.8 Å². The summed E-state index contributed by atoms with van der Waals surface area (Å²) in [7, 11) is 0. The second-order valence-electron chi connectivity index (χ2n) is 3.61. The van der Waals surface area contributed by atoms with Crippen LogP contribution in [0.2, 0.25) is 10.0 Å². The number of rotatable bonds is 3. The summed E-state index contributed by atoms with van der Waals surface area (Å²) < 4.78 is 0. The van der Waals surface area contributed by atoms with Gasteiger partial charge in [-0.1, -0.05) is 23.2 Å². The van der Waals surface area contributed by atoms with Crippen molar-refractivity contribution in [2.75, 3.05) is 11.4 Å². The molecule has 0 spiro atoms. The number of benzene rings is 1. The van der Waals surface area contributed by atoms with Gasteiger partial charge in [-0.3, -0.25) is 0 Å². The van der Waals surface area contributed by atoms with Gasteiger partial charge < -0.3 is 4.90 Å². The van der Waals surface area contributed by atoms with E-state index in [1.165, 1.54) is 0 Å². The van der Waals surface area contributed by atoms with Crippen molar-refractivity contribution in [2.45, 2.75) is 13.8 Å². The predicted octanol–water partition coefficient (Wildman–Crippen LogP) is 5.34. The maximum absolute atomic E-state index is 6.21. The molecule has 0 fully saturated rings. The molecule has 2 aromatic rings.